The van der Waals surface area contributed by atoms with Crippen LogP contribution in [0.4, 0.5) is 13.2 Å². The Hall–Kier alpha value is -3.09. The molecule has 2 aromatic carbocycles. The Morgan fingerprint density at radius 1 is 1.04 bits per heavy atom. The van der Waals surface area contributed by atoms with Gasteiger partial charge in [-0.25, -0.2) is 9.48 Å². The molecule has 7 heteroatoms. The number of alkyl halides is 3. The van der Waals surface area contributed by atoms with Gasteiger partial charge in [-0.05, 0) is 37.3 Å². The molecule has 0 bridgehead atoms. The molecule has 0 aliphatic rings. The standard InChI is InChI=1S/C19H15F3N2O2/c1-12-3-5-13(6-4-12)16-11-17(19(20,21)22)23-24(16)15-9-7-14(8-10-15)18(25)26-2/h3-11H,1-2H3/i2-1. The minimum Gasteiger partial charge on any atom is -0.465 e. The molecular formula is C19H15F3N2O2. The molecular weight excluding hydrogens is 344 g/mol. The average molecular weight is 359 g/mol. The minimum atomic E-state index is -4.56. The van der Waals surface area contributed by atoms with Gasteiger partial charge in [-0.1, -0.05) is 29.8 Å². The van der Waals surface area contributed by atoms with E-state index in [4.69, 9.17) is 0 Å². The molecule has 0 atom stereocenters. The van der Waals surface area contributed by atoms with Crippen molar-refractivity contribution in [3.8, 4) is 16.9 Å². The second-order valence-corrected chi connectivity index (χ2v) is 5.73. The highest BCUT2D eigenvalue weighted by molar-refractivity contribution is 5.89. The fourth-order valence-corrected chi connectivity index (χ4v) is 2.50. The maximum absolute atomic E-state index is 13.2. The summed E-state index contributed by atoms with van der Waals surface area (Å²) in [6.07, 6.45) is -4.56. The van der Waals surface area contributed by atoms with Crippen LogP contribution in [0.1, 0.15) is 21.6 Å². The summed E-state index contributed by atoms with van der Waals surface area (Å²) in [6.45, 7) is 1.90. The lowest BCUT2D eigenvalue weighted by Gasteiger charge is -2.09. The number of aromatic nitrogens is 2. The number of hydrogen-bond donors (Lipinski definition) is 0. The van der Waals surface area contributed by atoms with E-state index in [2.05, 4.69) is 9.84 Å². The molecule has 0 fully saturated rings. The zero-order chi connectivity index (χ0) is 18.9. The van der Waals surface area contributed by atoms with Gasteiger partial charge in [-0.3, -0.25) is 0 Å². The van der Waals surface area contributed by atoms with Gasteiger partial charge in [-0.15, -0.1) is 0 Å². The van der Waals surface area contributed by atoms with Crippen molar-refractivity contribution in [1.82, 2.24) is 9.78 Å². The average Bonchev–Trinajstić information content (AvgIpc) is 3.07. The zero-order valence-electron chi connectivity index (χ0n) is 14.0. The highest BCUT2D eigenvalue weighted by atomic mass is 19.4. The van der Waals surface area contributed by atoms with E-state index in [1.165, 1.54) is 36.1 Å². The molecule has 0 radical (unpaired) electrons. The van der Waals surface area contributed by atoms with Crippen LogP contribution in [0.3, 0.4) is 0 Å². The van der Waals surface area contributed by atoms with Crippen molar-refractivity contribution in [2.75, 3.05) is 7.11 Å². The van der Waals surface area contributed by atoms with E-state index < -0.39 is 17.8 Å². The predicted molar refractivity (Wildman–Crippen MR) is 90.1 cm³/mol. The number of rotatable bonds is 3. The Morgan fingerprint density at radius 2 is 1.65 bits per heavy atom. The molecule has 3 aromatic rings. The van der Waals surface area contributed by atoms with Crippen LogP contribution >= 0.6 is 0 Å². The zero-order valence-corrected chi connectivity index (χ0v) is 14.0. The Kier molecular flexibility index (Phi) is 4.54. The summed E-state index contributed by atoms with van der Waals surface area (Å²) in [6, 6.07) is 14.1. The first-order valence-corrected chi connectivity index (χ1v) is 7.72. The van der Waals surface area contributed by atoms with Crippen LogP contribution in [0.25, 0.3) is 16.9 Å². The molecule has 0 saturated heterocycles. The lowest BCUT2D eigenvalue weighted by Crippen LogP contribution is -2.07. The molecule has 0 unspecified atom stereocenters. The van der Waals surface area contributed by atoms with Crippen molar-refractivity contribution in [2.24, 2.45) is 0 Å². The first-order valence-electron chi connectivity index (χ1n) is 7.72. The number of esters is 1. The second kappa shape index (κ2) is 6.67. The van der Waals surface area contributed by atoms with Crippen LogP contribution in [-0.2, 0) is 10.9 Å². The maximum Gasteiger partial charge on any atom is 0.435 e. The minimum absolute atomic E-state index is 0.302. The van der Waals surface area contributed by atoms with Gasteiger partial charge in [0.05, 0.1) is 24.1 Å². The van der Waals surface area contributed by atoms with Crippen molar-refractivity contribution < 1.29 is 22.7 Å². The molecule has 0 aliphatic carbocycles. The molecule has 26 heavy (non-hydrogen) atoms. The Labute approximate surface area is 147 Å². The second-order valence-electron chi connectivity index (χ2n) is 5.73. The maximum atomic E-state index is 13.2. The number of hydrogen-bond acceptors (Lipinski definition) is 3. The number of halogens is 3. The summed E-state index contributed by atoms with van der Waals surface area (Å²) in [5.74, 6) is -0.522. The third-order valence-electron chi connectivity index (χ3n) is 3.88. The fraction of sp³-hybridized carbons (Fsp3) is 0.158. The van der Waals surface area contributed by atoms with Crippen molar-refractivity contribution in [1.29, 1.82) is 0 Å². The highest BCUT2D eigenvalue weighted by Crippen LogP contribution is 2.33. The molecule has 4 nitrogen and oxygen atoms in total. The van der Waals surface area contributed by atoms with Crippen LogP contribution < -0.4 is 0 Å². The van der Waals surface area contributed by atoms with Gasteiger partial charge in [0.25, 0.3) is 0 Å². The molecule has 0 aliphatic heterocycles. The van der Waals surface area contributed by atoms with Gasteiger partial charge >= 0.3 is 12.1 Å². The number of ether oxygens (including phenoxy) is 1. The topological polar surface area (TPSA) is 44.1 Å². The van der Waals surface area contributed by atoms with Gasteiger partial charge in [0.2, 0.25) is 0 Å². The number of methoxy groups -OCH3 is 1. The van der Waals surface area contributed by atoms with Crippen LogP contribution in [0, 0.1) is 6.92 Å². The SMILES string of the molecule is Cc1ccc(-c2cc(C(F)(F)F)nn2-c2ccc(C(=O)O[11CH3])cc2)cc1. The largest absolute Gasteiger partial charge is 0.465 e. The first kappa shape index (κ1) is 17.7. The Bertz CT molecular complexity index is 927. The smallest absolute Gasteiger partial charge is 0.435 e. The van der Waals surface area contributed by atoms with E-state index in [1.807, 2.05) is 19.1 Å². The van der Waals surface area contributed by atoms with Crippen molar-refractivity contribution in [3.63, 3.8) is 0 Å². The summed E-state index contributed by atoms with van der Waals surface area (Å²) in [5, 5.41) is 3.72. The summed E-state index contributed by atoms with van der Waals surface area (Å²) < 4.78 is 45.3. The van der Waals surface area contributed by atoms with Gasteiger partial charge in [0, 0.05) is 5.56 Å². The molecule has 134 valence electrons. The van der Waals surface area contributed by atoms with E-state index >= 15 is 0 Å². The summed E-state index contributed by atoms with van der Waals surface area (Å²) >= 11 is 0. The molecule has 0 spiro atoms. The Balaban J connectivity index is 2.11. The third kappa shape index (κ3) is 3.46. The summed E-state index contributed by atoms with van der Waals surface area (Å²) in [5.41, 5.74) is 1.64. The van der Waals surface area contributed by atoms with Crippen LogP contribution in [0.5, 0.6) is 0 Å². The van der Waals surface area contributed by atoms with E-state index in [9.17, 15) is 18.0 Å². The third-order valence-corrected chi connectivity index (χ3v) is 3.88. The highest BCUT2D eigenvalue weighted by Gasteiger charge is 2.35. The number of nitrogens with zero attached hydrogens (tertiary/aromatic N) is 2. The Morgan fingerprint density at radius 3 is 2.19 bits per heavy atom. The molecule has 0 N–H and O–H groups in total. The van der Waals surface area contributed by atoms with Crippen LogP contribution in [0.15, 0.2) is 54.6 Å². The fourth-order valence-electron chi connectivity index (χ4n) is 2.50. The number of carbonyl (C=O) groups excluding carboxylic acids is 1. The number of carbonyl (C=O) groups is 1. The van der Waals surface area contributed by atoms with E-state index in [0.29, 0.717) is 22.5 Å². The van der Waals surface area contributed by atoms with E-state index in [-0.39, 0.29) is 0 Å². The monoisotopic (exact) mass is 359 g/mol. The summed E-state index contributed by atoms with van der Waals surface area (Å²) in [7, 11) is 1.26. The molecule has 0 amide bonds. The predicted octanol–water partition coefficient (Wildman–Crippen LogP) is 4.65. The van der Waals surface area contributed by atoms with E-state index in [0.717, 1.165) is 11.6 Å². The lowest BCUT2D eigenvalue weighted by molar-refractivity contribution is -0.141. The number of benzene rings is 2. The quantitative estimate of drug-likeness (QED) is 0.639. The number of aryl methyl sites for hydroxylation is 1. The van der Waals surface area contributed by atoms with Gasteiger partial charge in [0.15, 0.2) is 5.69 Å². The van der Waals surface area contributed by atoms with Crippen LogP contribution in [-0.4, -0.2) is 22.9 Å². The van der Waals surface area contributed by atoms with Gasteiger partial charge in [-0.2, -0.15) is 18.3 Å². The van der Waals surface area contributed by atoms with Gasteiger partial charge in [0.1, 0.15) is 0 Å². The van der Waals surface area contributed by atoms with Crippen molar-refractivity contribution >= 4 is 5.97 Å². The van der Waals surface area contributed by atoms with Crippen molar-refractivity contribution in [3.05, 3.63) is 71.4 Å². The van der Waals surface area contributed by atoms with E-state index in [1.54, 1.807) is 12.1 Å². The first-order chi connectivity index (χ1) is 12.3. The molecule has 3 rings (SSSR count). The summed E-state index contributed by atoms with van der Waals surface area (Å²) in [4.78, 5) is 11.5. The van der Waals surface area contributed by atoms with Gasteiger partial charge < -0.3 is 4.74 Å². The van der Waals surface area contributed by atoms with Crippen LogP contribution in [0.2, 0.25) is 0 Å². The normalized spacial score (nSPS) is 11.4. The van der Waals surface area contributed by atoms with Crippen molar-refractivity contribution in [2.45, 2.75) is 13.1 Å². The lowest BCUT2D eigenvalue weighted by atomic mass is 10.1. The molecule has 0 saturated carbocycles. The molecule has 1 aromatic heterocycles. The molecule has 1 heterocycles.